The number of benzene rings is 1. The number of hydrogen-bond donors (Lipinski definition) is 2. The van der Waals surface area contributed by atoms with Gasteiger partial charge in [0, 0.05) is 13.0 Å². The molecule has 1 aromatic carbocycles. The molecule has 2 fully saturated rings. The van der Waals surface area contributed by atoms with Crippen LogP contribution < -0.4 is 10.6 Å². The number of hydrogen-bond acceptors (Lipinski definition) is 5. The summed E-state index contributed by atoms with van der Waals surface area (Å²) in [5.41, 5.74) is -1.03. The second kappa shape index (κ2) is 12.1. The number of Topliss-reactive ketones (excluding diaryl/α,β-unsaturated/α-hetero) is 1. The van der Waals surface area contributed by atoms with Gasteiger partial charge in [0.25, 0.3) is 0 Å². The Labute approximate surface area is 235 Å². The molecule has 0 spiro atoms. The first-order chi connectivity index (χ1) is 18.5. The summed E-state index contributed by atoms with van der Waals surface area (Å²) >= 11 is 6.29. The Kier molecular flexibility index (Phi) is 9.04. The maximum absolute atomic E-state index is 13.7. The third-order valence-electron chi connectivity index (χ3n) is 7.83. The summed E-state index contributed by atoms with van der Waals surface area (Å²) in [6.07, 6.45) is 9.33. The van der Waals surface area contributed by atoms with Gasteiger partial charge in [-0.15, -0.1) is 0 Å². The first kappa shape index (κ1) is 29.1. The van der Waals surface area contributed by atoms with E-state index in [1.54, 1.807) is 49.9 Å². The molecule has 0 bridgehead atoms. The molecule has 3 aliphatic rings. The summed E-state index contributed by atoms with van der Waals surface area (Å²) in [5, 5.41) is 6.15. The summed E-state index contributed by atoms with van der Waals surface area (Å²) in [6, 6.07) is 5.68. The SMILES string of the molecule is CC(C)(C)OC(=O)N[C@H]1CCCCC/C=C\[C@@H]2C[C@@]2(C(=O)Nc2ccccc2Cl)CC(=O)[C@@H]2CCCN2C1=O. The first-order valence-electron chi connectivity index (χ1n) is 14.1. The van der Waals surface area contributed by atoms with E-state index in [-0.39, 0.29) is 29.9 Å². The van der Waals surface area contributed by atoms with E-state index in [1.807, 2.05) is 0 Å². The van der Waals surface area contributed by atoms with Crippen molar-refractivity contribution in [3.05, 3.63) is 41.4 Å². The number of nitrogens with zero attached hydrogens (tertiary/aromatic N) is 1. The molecule has 8 nitrogen and oxygen atoms in total. The molecule has 2 heterocycles. The lowest BCUT2D eigenvalue weighted by Gasteiger charge is -2.30. The monoisotopic (exact) mass is 557 g/mol. The van der Waals surface area contributed by atoms with Gasteiger partial charge in [-0.05, 0) is 77.3 Å². The second-order valence-electron chi connectivity index (χ2n) is 12.0. The van der Waals surface area contributed by atoms with Crippen molar-refractivity contribution in [2.75, 3.05) is 11.9 Å². The van der Waals surface area contributed by atoms with Gasteiger partial charge in [0.05, 0.1) is 22.2 Å². The summed E-state index contributed by atoms with van der Waals surface area (Å²) in [7, 11) is 0. The molecule has 9 heteroatoms. The maximum atomic E-state index is 13.7. The summed E-state index contributed by atoms with van der Waals surface area (Å²) < 4.78 is 5.41. The van der Waals surface area contributed by atoms with Gasteiger partial charge < -0.3 is 20.3 Å². The molecule has 1 saturated carbocycles. The molecule has 39 heavy (non-hydrogen) atoms. The fourth-order valence-corrected chi connectivity index (χ4v) is 5.87. The van der Waals surface area contributed by atoms with Gasteiger partial charge in [-0.3, -0.25) is 14.4 Å². The number of ether oxygens (including phenoxy) is 1. The smallest absolute Gasteiger partial charge is 0.408 e. The number of nitrogens with one attached hydrogen (secondary N) is 2. The van der Waals surface area contributed by atoms with Gasteiger partial charge in [-0.2, -0.15) is 0 Å². The van der Waals surface area contributed by atoms with Crippen LogP contribution in [0.2, 0.25) is 5.02 Å². The molecule has 4 rings (SSSR count). The van der Waals surface area contributed by atoms with Crippen LogP contribution in [0.15, 0.2) is 36.4 Å². The van der Waals surface area contributed by atoms with Crippen molar-refractivity contribution in [3.63, 3.8) is 0 Å². The molecule has 0 unspecified atom stereocenters. The molecule has 4 atom stereocenters. The average Bonchev–Trinajstić information content (AvgIpc) is 3.32. The number of carbonyl (C=O) groups is 4. The van der Waals surface area contributed by atoms with Crippen LogP contribution in [0.25, 0.3) is 0 Å². The van der Waals surface area contributed by atoms with E-state index >= 15 is 0 Å². The van der Waals surface area contributed by atoms with E-state index in [0.29, 0.717) is 42.9 Å². The molecule has 0 aromatic heterocycles. The Morgan fingerprint density at radius 2 is 1.85 bits per heavy atom. The van der Waals surface area contributed by atoms with E-state index in [1.165, 1.54) is 0 Å². The van der Waals surface area contributed by atoms with Crippen LogP contribution in [0.4, 0.5) is 10.5 Å². The van der Waals surface area contributed by atoms with E-state index < -0.39 is 29.2 Å². The Morgan fingerprint density at radius 1 is 1.08 bits per heavy atom. The number of rotatable bonds is 3. The van der Waals surface area contributed by atoms with Crippen molar-refractivity contribution in [1.82, 2.24) is 10.2 Å². The zero-order valence-electron chi connectivity index (χ0n) is 23.1. The van der Waals surface area contributed by atoms with E-state index in [2.05, 4.69) is 22.8 Å². The molecule has 0 radical (unpaired) electrons. The van der Waals surface area contributed by atoms with Crippen molar-refractivity contribution >= 4 is 41.0 Å². The molecular weight excluding hydrogens is 518 g/mol. The zero-order chi connectivity index (χ0) is 28.2. The Hall–Kier alpha value is -2.87. The minimum absolute atomic E-state index is 0.0406. The maximum Gasteiger partial charge on any atom is 0.408 e. The number of amides is 3. The molecule has 1 saturated heterocycles. The lowest BCUT2D eigenvalue weighted by molar-refractivity contribution is -0.140. The highest BCUT2D eigenvalue weighted by atomic mass is 35.5. The van der Waals surface area contributed by atoms with Crippen LogP contribution in [0.3, 0.4) is 0 Å². The van der Waals surface area contributed by atoms with Gasteiger partial charge >= 0.3 is 6.09 Å². The normalized spacial score (nSPS) is 28.8. The molecule has 3 amide bonds. The van der Waals surface area contributed by atoms with Crippen molar-refractivity contribution in [3.8, 4) is 0 Å². The number of fused-ring (bicyclic) bond motifs is 2. The quantitative estimate of drug-likeness (QED) is 0.467. The van der Waals surface area contributed by atoms with Gasteiger partial charge in [0.2, 0.25) is 11.8 Å². The van der Waals surface area contributed by atoms with Crippen LogP contribution >= 0.6 is 11.6 Å². The number of para-hydroxylation sites is 1. The predicted octanol–water partition coefficient (Wildman–Crippen LogP) is 5.65. The molecule has 2 N–H and O–H groups in total. The highest BCUT2D eigenvalue weighted by Crippen LogP contribution is 2.57. The van der Waals surface area contributed by atoms with Gasteiger partial charge in [0.1, 0.15) is 11.6 Å². The highest BCUT2D eigenvalue weighted by Gasteiger charge is 2.60. The lowest BCUT2D eigenvalue weighted by atomic mass is 9.91. The fraction of sp³-hybridized carbons (Fsp3) is 0.600. The van der Waals surface area contributed by atoms with E-state index in [4.69, 9.17) is 16.3 Å². The number of allylic oxidation sites excluding steroid dienone is 2. The van der Waals surface area contributed by atoms with Gasteiger partial charge in [-0.25, -0.2) is 4.79 Å². The largest absolute Gasteiger partial charge is 0.444 e. The number of carbonyl (C=O) groups excluding carboxylic acids is 4. The molecule has 1 aromatic rings. The topological polar surface area (TPSA) is 105 Å². The number of alkyl carbamates (subject to hydrolysis) is 1. The Bertz CT molecular complexity index is 1130. The van der Waals surface area contributed by atoms with Crippen LogP contribution in [0, 0.1) is 11.3 Å². The van der Waals surface area contributed by atoms with Gasteiger partial charge in [-0.1, -0.05) is 48.7 Å². The summed E-state index contributed by atoms with van der Waals surface area (Å²) in [6.45, 7) is 5.77. The van der Waals surface area contributed by atoms with Crippen LogP contribution in [-0.2, 0) is 19.1 Å². The highest BCUT2D eigenvalue weighted by molar-refractivity contribution is 6.33. The average molecular weight is 558 g/mol. The van der Waals surface area contributed by atoms with Gasteiger partial charge in [0.15, 0.2) is 5.78 Å². The third-order valence-corrected chi connectivity index (χ3v) is 8.16. The minimum atomic E-state index is -0.863. The molecule has 1 aliphatic carbocycles. The third kappa shape index (κ3) is 7.21. The van der Waals surface area contributed by atoms with Crippen LogP contribution in [-0.4, -0.2) is 52.8 Å². The fourth-order valence-electron chi connectivity index (χ4n) is 5.69. The Balaban J connectivity index is 1.55. The predicted molar refractivity (Wildman–Crippen MR) is 150 cm³/mol. The summed E-state index contributed by atoms with van der Waals surface area (Å²) in [5.74, 6) is -0.631. The molecule has 2 aliphatic heterocycles. The van der Waals surface area contributed by atoms with Crippen molar-refractivity contribution in [2.24, 2.45) is 11.3 Å². The summed E-state index contributed by atoms with van der Waals surface area (Å²) in [4.78, 5) is 55.2. The molecular formula is C30H40ClN3O5. The number of anilines is 1. The number of ketones is 1. The second-order valence-corrected chi connectivity index (χ2v) is 12.4. The Morgan fingerprint density at radius 3 is 2.59 bits per heavy atom. The van der Waals surface area contributed by atoms with E-state index in [0.717, 1.165) is 25.7 Å². The van der Waals surface area contributed by atoms with Crippen LogP contribution in [0.5, 0.6) is 0 Å². The van der Waals surface area contributed by atoms with Crippen molar-refractivity contribution < 1.29 is 23.9 Å². The van der Waals surface area contributed by atoms with Crippen molar-refractivity contribution in [2.45, 2.75) is 96.2 Å². The standard InChI is InChI=1S/C30H40ClN3O5/c1-29(2,3)39-28(38)33-23-15-8-6-4-5-7-12-20-18-30(20,27(37)32-22-14-10-9-13-21(22)31)19-25(35)24-16-11-17-34(24)26(23)36/h7,9-10,12-14,20,23-24H,4-6,8,11,15-19H2,1-3H3,(H,32,37)(H,33,38)/b12-7-/t20-,23+,24+,30-/m1/s1. The molecule has 212 valence electrons. The van der Waals surface area contributed by atoms with E-state index in [9.17, 15) is 19.2 Å². The van der Waals surface area contributed by atoms with Crippen molar-refractivity contribution in [1.29, 1.82) is 0 Å². The lowest BCUT2D eigenvalue weighted by Crippen LogP contribution is -2.52. The first-order valence-corrected chi connectivity index (χ1v) is 14.4. The zero-order valence-corrected chi connectivity index (χ0v) is 23.9. The number of halogens is 1. The van der Waals surface area contributed by atoms with Crippen LogP contribution in [0.1, 0.15) is 78.6 Å². The minimum Gasteiger partial charge on any atom is -0.444 e.